The molecule has 4 heteroatoms. The normalized spacial score (nSPS) is 21.1. The van der Waals surface area contributed by atoms with Crippen molar-refractivity contribution in [1.29, 1.82) is 0 Å². The van der Waals surface area contributed by atoms with Crippen LogP contribution in [0.3, 0.4) is 0 Å². The molecule has 2 N–H and O–H groups in total. The highest BCUT2D eigenvalue weighted by molar-refractivity contribution is 6.33. The topological polar surface area (TPSA) is 44.5 Å². The summed E-state index contributed by atoms with van der Waals surface area (Å²) in [7, 11) is 0. The van der Waals surface area contributed by atoms with Gasteiger partial charge in [0.15, 0.2) is 11.5 Å². The van der Waals surface area contributed by atoms with Gasteiger partial charge in [0.25, 0.3) is 0 Å². The minimum atomic E-state index is 0.0881. The number of benzene rings is 1. The Labute approximate surface area is 119 Å². The van der Waals surface area contributed by atoms with Crippen molar-refractivity contribution in [2.45, 2.75) is 44.6 Å². The molecule has 19 heavy (non-hydrogen) atoms. The molecule has 0 spiro atoms. The van der Waals surface area contributed by atoms with Crippen LogP contribution < -0.4 is 15.2 Å². The molecular weight excluding hydrogens is 262 g/mol. The molecule has 104 valence electrons. The van der Waals surface area contributed by atoms with Gasteiger partial charge in [0.1, 0.15) is 13.2 Å². The third kappa shape index (κ3) is 1.91. The van der Waals surface area contributed by atoms with Crippen LogP contribution in [-0.2, 0) is 11.8 Å². The summed E-state index contributed by atoms with van der Waals surface area (Å²) in [5.74, 6) is 1.48. The Morgan fingerprint density at radius 1 is 1.37 bits per heavy atom. The lowest BCUT2D eigenvalue weighted by Gasteiger charge is -2.28. The van der Waals surface area contributed by atoms with Crippen molar-refractivity contribution in [2.75, 3.05) is 13.2 Å². The first-order valence-corrected chi connectivity index (χ1v) is 7.35. The van der Waals surface area contributed by atoms with Gasteiger partial charge in [-0.1, -0.05) is 18.5 Å². The second-order valence-corrected chi connectivity index (χ2v) is 5.92. The van der Waals surface area contributed by atoms with E-state index in [0.29, 0.717) is 24.0 Å². The quantitative estimate of drug-likeness (QED) is 0.926. The lowest BCUT2D eigenvalue weighted by Crippen LogP contribution is -2.32. The Morgan fingerprint density at radius 3 is 2.63 bits per heavy atom. The van der Waals surface area contributed by atoms with E-state index < -0.39 is 0 Å². The van der Waals surface area contributed by atoms with Crippen molar-refractivity contribution < 1.29 is 9.47 Å². The fourth-order valence-corrected chi connectivity index (χ4v) is 3.46. The second kappa shape index (κ2) is 4.57. The van der Waals surface area contributed by atoms with E-state index in [2.05, 4.69) is 19.9 Å². The Balaban J connectivity index is 2.17. The Kier molecular flexibility index (Phi) is 3.14. The molecular formula is C15H20ClNO2. The molecule has 1 aromatic rings. The maximum Gasteiger partial charge on any atom is 0.180 e. The molecule has 0 saturated heterocycles. The fourth-order valence-electron chi connectivity index (χ4n) is 3.08. The monoisotopic (exact) mass is 281 g/mol. The SMILES string of the molecule is CCc1c(C2(C(C)N)CC2)cc2c(c1Cl)OCCO2. The number of hydrogen-bond acceptors (Lipinski definition) is 3. The molecule has 2 aliphatic rings. The highest BCUT2D eigenvalue weighted by atomic mass is 35.5. The third-order valence-electron chi connectivity index (χ3n) is 4.43. The summed E-state index contributed by atoms with van der Waals surface area (Å²) in [6.45, 7) is 5.35. The van der Waals surface area contributed by atoms with Gasteiger partial charge in [-0.05, 0) is 43.4 Å². The van der Waals surface area contributed by atoms with Crippen LogP contribution >= 0.6 is 11.6 Å². The van der Waals surface area contributed by atoms with Gasteiger partial charge in [-0.15, -0.1) is 0 Å². The minimum Gasteiger partial charge on any atom is -0.486 e. The zero-order valence-corrected chi connectivity index (χ0v) is 12.2. The van der Waals surface area contributed by atoms with Crippen LogP contribution in [0.25, 0.3) is 0 Å². The molecule has 3 nitrogen and oxygen atoms in total. The average Bonchev–Trinajstić information content (AvgIpc) is 3.20. The summed E-state index contributed by atoms with van der Waals surface area (Å²) >= 11 is 6.52. The van der Waals surface area contributed by atoms with E-state index in [-0.39, 0.29) is 11.5 Å². The Morgan fingerprint density at radius 2 is 2.05 bits per heavy atom. The predicted molar refractivity (Wildman–Crippen MR) is 76.4 cm³/mol. The molecule has 0 amide bonds. The maximum atomic E-state index is 6.52. The zero-order chi connectivity index (χ0) is 13.6. The Hall–Kier alpha value is -0.930. The van der Waals surface area contributed by atoms with E-state index in [9.17, 15) is 0 Å². The number of fused-ring (bicyclic) bond motifs is 1. The first-order chi connectivity index (χ1) is 9.10. The number of hydrogen-bond donors (Lipinski definition) is 1. The van der Waals surface area contributed by atoms with E-state index in [4.69, 9.17) is 26.8 Å². The molecule has 1 atom stereocenters. The van der Waals surface area contributed by atoms with Crippen molar-refractivity contribution in [3.8, 4) is 11.5 Å². The van der Waals surface area contributed by atoms with Gasteiger partial charge in [-0.2, -0.15) is 0 Å². The van der Waals surface area contributed by atoms with E-state index in [1.807, 2.05) is 0 Å². The number of rotatable bonds is 3. The molecule has 1 saturated carbocycles. The summed E-state index contributed by atoms with van der Waals surface area (Å²) in [6.07, 6.45) is 3.15. The van der Waals surface area contributed by atoms with Crippen molar-refractivity contribution >= 4 is 11.6 Å². The molecule has 1 fully saturated rings. The number of ether oxygens (including phenoxy) is 2. The molecule has 1 aromatic carbocycles. The van der Waals surface area contributed by atoms with Gasteiger partial charge in [0, 0.05) is 11.5 Å². The maximum absolute atomic E-state index is 6.52. The van der Waals surface area contributed by atoms with E-state index in [1.54, 1.807) is 0 Å². The van der Waals surface area contributed by atoms with Gasteiger partial charge in [-0.3, -0.25) is 0 Å². The van der Waals surface area contributed by atoms with Crippen LogP contribution in [0.4, 0.5) is 0 Å². The number of halogens is 1. The summed E-state index contributed by atoms with van der Waals surface area (Å²) in [4.78, 5) is 0. The molecule has 1 aliphatic heterocycles. The van der Waals surface area contributed by atoms with E-state index >= 15 is 0 Å². The van der Waals surface area contributed by atoms with Crippen LogP contribution in [0.2, 0.25) is 5.02 Å². The van der Waals surface area contributed by atoms with Gasteiger partial charge >= 0.3 is 0 Å². The lowest BCUT2D eigenvalue weighted by atomic mass is 9.85. The van der Waals surface area contributed by atoms with Crippen molar-refractivity contribution in [3.05, 3.63) is 22.2 Å². The minimum absolute atomic E-state index is 0.0881. The van der Waals surface area contributed by atoms with Gasteiger partial charge in [-0.25, -0.2) is 0 Å². The smallest absolute Gasteiger partial charge is 0.180 e. The van der Waals surface area contributed by atoms with Gasteiger partial charge in [0.05, 0.1) is 5.02 Å². The second-order valence-electron chi connectivity index (χ2n) is 5.54. The molecule has 1 aliphatic carbocycles. The van der Waals surface area contributed by atoms with Crippen LogP contribution in [-0.4, -0.2) is 19.3 Å². The summed E-state index contributed by atoms with van der Waals surface area (Å²) in [5, 5.41) is 0.710. The largest absolute Gasteiger partial charge is 0.486 e. The molecule has 3 rings (SSSR count). The standard InChI is InChI=1S/C15H20ClNO2/c1-3-10-11(15(4-5-15)9(2)17)8-12-14(13(10)16)19-7-6-18-12/h8-9H,3-7,17H2,1-2H3. The fraction of sp³-hybridized carbons (Fsp3) is 0.600. The molecule has 0 bridgehead atoms. The van der Waals surface area contributed by atoms with Crippen LogP contribution in [0, 0.1) is 0 Å². The van der Waals surface area contributed by atoms with Gasteiger partial charge in [0.2, 0.25) is 0 Å². The van der Waals surface area contributed by atoms with Crippen LogP contribution in [0.1, 0.15) is 37.8 Å². The van der Waals surface area contributed by atoms with Crippen LogP contribution in [0.15, 0.2) is 6.07 Å². The highest BCUT2D eigenvalue weighted by Gasteiger charge is 2.49. The summed E-state index contributed by atoms with van der Waals surface area (Å²) in [6, 6.07) is 2.24. The van der Waals surface area contributed by atoms with Gasteiger partial charge < -0.3 is 15.2 Å². The zero-order valence-electron chi connectivity index (χ0n) is 11.5. The predicted octanol–water partition coefficient (Wildman–Crippen LogP) is 3.05. The molecule has 1 heterocycles. The first-order valence-electron chi connectivity index (χ1n) is 6.97. The number of nitrogens with two attached hydrogens (primary N) is 1. The first kappa shape index (κ1) is 13.1. The summed E-state index contributed by atoms with van der Waals surface area (Å²) < 4.78 is 11.4. The Bertz CT molecular complexity index is 509. The third-order valence-corrected chi connectivity index (χ3v) is 4.83. The van der Waals surface area contributed by atoms with Crippen LogP contribution in [0.5, 0.6) is 11.5 Å². The highest BCUT2D eigenvalue weighted by Crippen LogP contribution is 2.55. The average molecular weight is 282 g/mol. The molecule has 0 radical (unpaired) electrons. The molecule has 0 aromatic heterocycles. The lowest BCUT2D eigenvalue weighted by molar-refractivity contribution is 0.171. The van der Waals surface area contributed by atoms with E-state index in [0.717, 1.165) is 25.0 Å². The van der Waals surface area contributed by atoms with Crippen molar-refractivity contribution in [3.63, 3.8) is 0 Å². The summed E-state index contributed by atoms with van der Waals surface area (Å²) in [5.41, 5.74) is 8.72. The van der Waals surface area contributed by atoms with Crippen molar-refractivity contribution in [1.82, 2.24) is 0 Å². The molecule has 1 unspecified atom stereocenters. The van der Waals surface area contributed by atoms with E-state index in [1.165, 1.54) is 11.1 Å². The van der Waals surface area contributed by atoms with Crippen molar-refractivity contribution in [2.24, 2.45) is 5.73 Å².